The Balaban J connectivity index is 1.36. The number of nitrogens with one attached hydrogen (secondary N) is 1. The lowest BCUT2D eigenvalue weighted by Crippen LogP contribution is -2.50. The Labute approximate surface area is 200 Å². The molecule has 1 aromatic carbocycles. The minimum atomic E-state index is -0.0752. The maximum atomic E-state index is 12.9. The summed E-state index contributed by atoms with van der Waals surface area (Å²) in [7, 11) is 0. The lowest BCUT2D eigenvalue weighted by atomic mass is 10.1. The summed E-state index contributed by atoms with van der Waals surface area (Å²) < 4.78 is 5.99. The Kier molecular flexibility index (Phi) is 7.41. The van der Waals surface area contributed by atoms with Crippen molar-refractivity contribution in [2.75, 3.05) is 42.1 Å². The smallest absolute Gasteiger partial charge is 0.321 e. The number of hydrogen-bond donors (Lipinski definition) is 2. The van der Waals surface area contributed by atoms with Crippen molar-refractivity contribution in [3.63, 3.8) is 0 Å². The number of nitrogens with zero attached hydrogens (tertiary/aromatic N) is 5. The third-order valence-electron chi connectivity index (χ3n) is 5.85. The minimum Gasteiger partial charge on any atom is -0.483 e. The number of ether oxygens (including phenoxy) is 1. The van der Waals surface area contributed by atoms with Gasteiger partial charge in [0, 0.05) is 44.3 Å². The van der Waals surface area contributed by atoms with Gasteiger partial charge in [0.1, 0.15) is 6.61 Å². The van der Waals surface area contributed by atoms with Crippen LogP contribution in [0.2, 0.25) is 0 Å². The van der Waals surface area contributed by atoms with Crippen molar-refractivity contribution in [3.8, 4) is 5.75 Å². The van der Waals surface area contributed by atoms with Crippen LogP contribution < -0.4 is 20.7 Å². The van der Waals surface area contributed by atoms with Gasteiger partial charge >= 0.3 is 6.03 Å². The number of benzene rings is 1. The third-order valence-corrected chi connectivity index (χ3v) is 5.85. The number of pyridine rings is 1. The van der Waals surface area contributed by atoms with Crippen molar-refractivity contribution >= 4 is 23.5 Å². The van der Waals surface area contributed by atoms with Crippen molar-refractivity contribution in [1.82, 2.24) is 19.9 Å². The van der Waals surface area contributed by atoms with E-state index in [9.17, 15) is 4.79 Å². The van der Waals surface area contributed by atoms with Crippen LogP contribution in [-0.2, 0) is 19.4 Å². The summed E-state index contributed by atoms with van der Waals surface area (Å²) in [6.07, 6.45) is 5.23. The molecule has 0 aliphatic carbocycles. The van der Waals surface area contributed by atoms with Gasteiger partial charge in [0.05, 0.1) is 5.69 Å². The predicted octanol–water partition coefficient (Wildman–Crippen LogP) is 3.51. The highest BCUT2D eigenvalue weighted by Gasteiger charge is 2.24. The molecular weight excluding hydrogens is 430 g/mol. The van der Waals surface area contributed by atoms with E-state index in [2.05, 4.69) is 57.2 Å². The Hall–Kier alpha value is -3.88. The monoisotopic (exact) mass is 461 g/mol. The number of anilines is 3. The molecule has 9 heteroatoms. The fourth-order valence-electron chi connectivity index (χ4n) is 3.94. The van der Waals surface area contributed by atoms with Gasteiger partial charge in [-0.15, -0.1) is 0 Å². The average molecular weight is 462 g/mol. The zero-order valence-electron chi connectivity index (χ0n) is 19.7. The molecule has 1 aliphatic heterocycles. The van der Waals surface area contributed by atoms with Crippen LogP contribution >= 0.6 is 0 Å². The first kappa shape index (κ1) is 23.3. The topological polar surface area (TPSA) is 110 Å². The van der Waals surface area contributed by atoms with Crippen LogP contribution in [0.25, 0.3) is 0 Å². The molecular formula is C25H31N7O2. The summed E-state index contributed by atoms with van der Waals surface area (Å²) in [5, 5.41) is 3.08. The normalized spacial score (nSPS) is 13.6. The van der Waals surface area contributed by atoms with E-state index in [1.807, 2.05) is 17.0 Å². The number of piperazine rings is 1. The third kappa shape index (κ3) is 5.72. The van der Waals surface area contributed by atoms with E-state index in [0.29, 0.717) is 37.6 Å². The Morgan fingerprint density at radius 1 is 1.03 bits per heavy atom. The maximum Gasteiger partial charge on any atom is 0.321 e. The van der Waals surface area contributed by atoms with E-state index in [0.717, 1.165) is 24.3 Å². The van der Waals surface area contributed by atoms with Gasteiger partial charge in [-0.2, -0.15) is 0 Å². The second-order valence-electron chi connectivity index (χ2n) is 8.17. The van der Waals surface area contributed by atoms with Crippen molar-refractivity contribution in [3.05, 3.63) is 65.6 Å². The highest BCUT2D eigenvalue weighted by atomic mass is 16.5. The van der Waals surface area contributed by atoms with Crippen LogP contribution in [0, 0.1) is 0 Å². The summed E-state index contributed by atoms with van der Waals surface area (Å²) in [6, 6.07) is 11.7. The summed E-state index contributed by atoms with van der Waals surface area (Å²) in [5.74, 6) is 1.64. The number of aromatic nitrogens is 3. The van der Waals surface area contributed by atoms with Crippen LogP contribution in [0.1, 0.15) is 30.7 Å². The lowest BCUT2D eigenvalue weighted by Gasteiger charge is -2.35. The van der Waals surface area contributed by atoms with Crippen LogP contribution in [-0.4, -0.2) is 52.1 Å². The Bertz CT molecular complexity index is 1110. The van der Waals surface area contributed by atoms with Gasteiger partial charge in [-0.3, -0.25) is 0 Å². The highest BCUT2D eigenvalue weighted by molar-refractivity contribution is 5.89. The molecule has 3 N–H and O–H groups in total. The first-order chi connectivity index (χ1) is 16.6. The fraction of sp³-hybridized carbons (Fsp3) is 0.360. The number of nitrogen functional groups attached to an aromatic ring is 1. The molecule has 0 unspecified atom stereocenters. The van der Waals surface area contributed by atoms with Crippen molar-refractivity contribution < 1.29 is 9.53 Å². The van der Waals surface area contributed by atoms with E-state index < -0.39 is 0 Å². The van der Waals surface area contributed by atoms with Gasteiger partial charge in [-0.05, 0) is 54.3 Å². The van der Waals surface area contributed by atoms with Gasteiger partial charge in [-0.1, -0.05) is 19.9 Å². The van der Waals surface area contributed by atoms with Crippen LogP contribution in [0.15, 0.2) is 48.8 Å². The molecule has 3 heterocycles. The Morgan fingerprint density at radius 2 is 1.76 bits per heavy atom. The molecule has 2 aromatic heterocycles. The number of nitrogens with two attached hydrogens (primary N) is 1. The largest absolute Gasteiger partial charge is 0.483 e. The number of rotatable bonds is 7. The van der Waals surface area contributed by atoms with E-state index in [1.165, 1.54) is 11.1 Å². The molecule has 0 spiro atoms. The fourth-order valence-corrected chi connectivity index (χ4v) is 3.94. The van der Waals surface area contributed by atoms with Crippen molar-refractivity contribution in [2.45, 2.75) is 33.3 Å². The molecule has 0 radical (unpaired) electrons. The van der Waals surface area contributed by atoms with Gasteiger partial charge < -0.3 is 25.6 Å². The first-order valence-electron chi connectivity index (χ1n) is 11.6. The molecule has 178 valence electrons. The summed E-state index contributed by atoms with van der Waals surface area (Å²) in [4.78, 5) is 29.5. The number of urea groups is 1. The number of aryl methyl sites for hydroxylation is 2. The Morgan fingerprint density at radius 3 is 2.44 bits per heavy atom. The summed E-state index contributed by atoms with van der Waals surface area (Å²) >= 11 is 0. The van der Waals surface area contributed by atoms with Crippen LogP contribution in [0.3, 0.4) is 0 Å². The number of carbonyl (C=O) groups excluding carboxylic acids is 1. The SMILES string of the molecule is CCc1cc(CC)cc(NC(=O)N2CCN(c3ncccc3OCc3ccnc(N)n3)CC2)c1. The quantitative estimate of drug-likeness (QED) is 0.554. The van der Waals surface area contributed by atoms with Gasteiger partial charge in [0.15, 0.2) is 11.6 Å². The standard InChI is InChI=1S/C25H31N7O2/c1-3-18-14-19(4-2)16-21(15-18)30-25(33)32-12-10-31(11-13-32)23-22(6-5-8-27-23)34-17-20-7-9-28-24(26)29-20/h5-9,14-16H,3-4,10-13,17H2,1-2H3,(H,30,33)(H2,26,28,29). The molecule has 1 aliphatic rings. The number of hydrogen-bond acceptors (Lipinski definition) is 7. The first-order valence-corrected chi connectivity index (χ1v) is 11.6. The maximum absolute atomic E-state index is 12.9. The van der Waals surface area contributed by atoms with Crippen molar-refractivity contribution in [1.29, 1.82) is 0 Å². The van der Waals surface area contributed by atoms with Crippen molar-refractivity contribution in [2.24, 2.45) is 0 Å². The zero-order chi connectivity index (χ0) is 23.9. The zero-order valence-corrected chi connectivity index (χ0v) is 19.7. The highest BCUT2D eigenvalue weighted by Crippen LogP contribution is 2.27. The second-order valence-corrected chi connectivity index (χ2v) is 8.17. The molecule has 0 atom stereocenters. The molecule has 9 nitrogen and oxygen atoms in total. The molecule has 0 saturated carbocycles. The molecule has 1 saturated heterocycles. The van der Waals surface area contributed by atoms with Gasteiger partial charge in [-0.25, -0.2) is 19.7 Å². The van der Waals surface area contributed by atoms with Gasteiger partial charge in [0.2, 0.25) is 5.95 Å². The molecule has 2 amide bonds. The lowest BCUT2D eigenvalue weighted by molar-refractivity contribution is 0.208. The second kappa shape index (κ2) is 10.8. The average Bonchev–Trinajstić information content (AvgIpc) is 2.87. The molecule has 1 fully saturated rings. The predicted molar refractivity (Wildman–Crippen MR) is 133 cm³/mol. The van der Waals surface area contributed by atoms with Gasteiger partial charge in [0.25, 0.3) is 0 Å². The summed E-state index contributed by atoms with van der Waals surface area (Å²) in [5.41, 5.74) is 9.66. The minimum absolute atomic E-state index is 0.0752. The van der Waals surface area contributed by atoms with Crippen LogP contribution in [0.4, 0.5) is 22.2 Å². The summed E-state index contributed by atoms with van der Waals surface area (Å²) in [6.45, 7) is 7.03. The number of carbonyl (C=O) groups is 1. The molecule has 0 bridgehead atoms. The van der Waals surface area contributed by atoms with E-state index in [-0.39, 0.29) is 18.6 Å². The van der Waals surface area contributed by atoms with E-state index in [4.69, 9.17) is 10.5 Å². The molecule has 3 aromatic rings. The van der Waals surface area contributed by atoms with Crippen LogP contribution in [0.5, 0.6) is 5.75 Å². The number of amides is 2. The molecule has 4 rings (SSSR count). The van der Waals surface area contributed by atoms with E-state index >= 15 is 0 Å². The van der Waals surface area contributed by atoms with E-state index in [1.54, 1.807) is 18.5 Å². The molecule has 34 heavy (non-hydrogen) atoms.